The number of hydrogen-bond acceptors (Lipinski definition) is 1. The molecule has 0 spiro atoms. The van der Waals surface area contributed by atoms with Crippen LogP contribution in [-0.2, 0) is 0 Å². The van der Waals surface area contributed by atoms with Gasteiger partial charge >= 0.3 is 0 Å². The summed E-state index contributed by atoms with van der Waals surface area (Å²) in [5.74, 6) is 0. The number of nitrogens with zero attached hydrogens (tertiary/aromatic N) is 2. The maximum Gasteiger partial charge on any atom is 0.186 e. The van der Waals surface area contributed by atoms with E-state index in [1.54, 1.807) is 6.08 Å². The molecule has 0 aliphatic heterocycles. The molecule has 0 bridgehead atoms. The summed E-state index contributed by atoms with van der Waals surface area (Å²) in [6.07, 6.45) is 6.09. The Morgan fingerprint density at radius 3 is 2.92 bits per heavy atom. The van der Waals surface area contributed by atoms with Gasteiger partial charge < -0.3 is 0 Å². The van der Waals surface area contributed by atoms with Gasteiger partial charge in [-0.3, -0.25) is 0 Å². The van der Waals surface area contributed by atoms with E-state index < -0.39 is 0 Å². The summed E-state index contributed by atoms with van der Waals surface area (Å²) < 4.78 is 0. The minimum atomic E-state index is 0.484. The normalized spacial score (nSPS) is 16.1. The van der Waals surface area contributed by atoms with E-state index in [0.29, 0.717) is 17.7 Å². The zero-order chi connectivity index (χ0) is 8.97. The van der Waals surface area contributed by atoms with Crippen LogP contribution < -0.4 is 0 Å². The summed E-state index contributed by atoms with van der Waals surface area (Å²) in [4.78, 5) is 3.31. The van der Waals surface area contributed by atoms with Crippen LogP contribution in [0.5, 0.6) is 0 Å². The van der Waals surface area contributed by atoms with E-state index >= 15 is 0 Å². The lowest BCUT2D eigenvalue weighted by Crippen LogP contribution is -1.78. The van der Waals surface area contributed by atoms with E-state index in [4.69, 9.17) is 11.8 Å². The average Bonchev–Trinajstić information content (AvgIpc) is 2.27. The van der Waals surface area contributed by atoms with E-state index in [1.807, 2.05) is 25.1 Å². The highest BCUT2D eigenvalue weighted by Crippen LogP contribution is 2.17. The van der Waals surface area contributed by atoms with Crippen LogP contribution in [0, 0.1) is 17.9 Å². The third kappa shape index (κ3) is 1.62. The molecule has 1 aliphatic rings. The first-order chi connectivity index (χ1) is 5.77. The van der Waals surface area contributed by atoms with Crippen molar-refractivity contribution in [3.05, 3.63) is 46.5 Å². The molecular weight excluding hydrogens is 148 g/mol. The summed E-state index contributed by atoms with van der Waals surface area (Å²) in [6, 6.07) is 2.01. The highest BCUT2D eigenvalue weighted by atomic mass is 14.7. The minimum absolute atomic E-state index is 0.484. The van der Waals surface area contributed by atoms with Crippen LogP contribution in [0.25, 0.3) is 4.85 Å². The van der Waals surface area contributed by atoms with Crippen molar-refractivity contribution in [1.82, 2.24) is 0 Å². The first-order valence-electron chi connectivity index (χ1n) is 3.63. The number of rotatable bonds is 0. The van der Waals surface area contributed by atoms with Gasteiger partial charge in [-0.15, -0.1) is 0 Å². The quantitative estimate of drug-likeness (QED) is 0.495. The molecule has 0 N–H and O–H groups in total. The minimum Gasteiger partial charge on any atom is -0.241 e. The van der Waals surface area contributed by atoms with Gasteiger partial charge in [0.05, 0.1) is 18.2 Å². The molecule has 2 heteroatoms. The molecule has 2 nitrogen and oxygen atoms in total. The lowest BCUT2D eigenvalue weighted by Gasteiger charge is -1.90. The maximum atomic E-state index is 8.68. The molecule has 0 fully saturated rings. The van der Waals surface area contributed by atoms with Crippen molar-refractivity contribution in [2.75, 3.05) is 0 Å². The van der Waals surface area contributed by atoms with Crippen molar-refractivity contribution < 1.29 is 0 Å². The highest BCUT2D eigenvalue weighted by molar-refractivity contribution is 5.45. The Kier molecular flexibility index (Phi) is 2.46. The van der Waals surface area contributed by atoms with Gasteiger partial charge in [0.1, 0.15) is 0 Å². The van der Waals surface area contributed by atoms with Crippen LogP contribution in [0.15, 0.2) is 35.1 Å². The van der Waals surface area contributed by atoms with Gasteiger partial charge in [-0.1, -0.05) is 23.8 Å². The smallest absolute Gasteiger partial charge is 0.186 e. The molecule has 12 heavy (non-hydrogen) atoms. The third-order valence-electron chi connectivity index (χ3n) is 1.70. The molecule has 0 unspecified atom stereocenters. The van der Waals surface area contributed by atoms with Gasteiger partial charge in [-0.2, -0.15) is 5.26 Å². The summed E-state index contributed by atoms with van der Waals surface area (Å²) >= 11 is 0. The van der Waals surface area contributed by atoms with Gasteiger partial charge in [0.2, 0.25) is 0 Å². The molecule has 0 saturated heterocycles. The summed E-state index contributed by atoms with van der Waals surface area (Å²) in [5.41, 5.74) is 2.12. The summed E-state index contributed by atoms with van der Waals surface area (Å²) in [6.45, 7) is 8.80. The lowest BCUT2D eigenvalue weighted by atomic mass is 10.2. The Hall–Kier alpha value is -1.80. The molecule has 0 aromatic carbocycles. The summed E-state index contributed by atoms with van der Waals surface area (Å²) in [7, 11) is 0. The number of nitriles is 1. The fourth-order valence-electron chi connectivity index (χ4n) is 0.954. The van der Waals surface area contributed by atoms with Crippen LogP contribution in [-0.4, -0.2) is 0 Å². The zero-order valence-corrected chi connectivity index (χ0v) is 6.83. The Morgan fingerprint density at radius 1 is 1.58 bits per heavy atom. The standard InChI is InChI=1S/C10H8N2/c1-8-3-5-9(7-11)10(12-2)6-4-8/h3-5H,6H2,1H3. The van der Waals surface area contributed by atoms with Crippen molar-refractivity contribution in [2.24, 2.45) is 0 Å². The largest absolute Gasteiger partial charge is 0.241 e. The molecule has 0 atom stereocenters. The molecule has 58 valence electrons. The van der Waals surface area contributed by atoms with Gasteiger partial charge in [0.15, 0.2) is 5.70 Å². The predicted molar refractivity (Wildman–Crippen MR) is 46.8 cm³/mol. The Morgan fingerprint density at radius 2 is 2.33 bits per heavy atom. The molecule has 1 aliphatic carbocycles. The molecule has 0 saturated carbocycles. The van der Waals surface area contributed by atoms with Gasteiger partial charge in [-0.05, 0) is 6.92 Å². The second-order valence-corrected chi connectivity index (χ2v) is 2.57. The van der Waals surface area contributed by atoms with Gasteiger partial charge in [0, 0.05) is 6.42 Å². The first kappa shape index (κ1) is 8.30. The molecule has 0 heterocycles. The van der Waals surface area contributed by atoms with Crippen molar-refractivity contribution in [3.8, 4) is 6.07 Å². The fourth-order valence-corrected chi connectivity index (χ4v) is 0.954. The molecule has 0 radical (unpaired) electrons. The third-order valence-corrected chi connectivity index (χ3v) is 1.70. The molecule has 0 amide bonds. The second kappa shape index (κ2) is 3.55. The van der Waals surface area contributed by atoms with Crippen LogP contribution in [0.1, 0.15) is 13.3 Å². The van der Waals surface area contributed by atoms with E-state index in [9.17, 15) is 0 Å². The van der Waals surface area contributed by atoms with Crippen LogP contribution in [0.4, 0.5) is 0 Å². The Bertz CT molecular complexity index is 356. The van der Waals surface area contributed by atoms with E-state index in [-0.39, 0.29) is 0 Å². The first-order valence-corrected chi connectivity index (χ1v) is 3.63. The monoisotopic (exact) mass is 156 g/mol. The molecule has 0 aromatic heterocycles. The van der Waals surface area contributed by atoms with Crippen LogP contribution in [0.2, 0.25) is 0 Å². The van der Waals surface area contributed by atoms with Gasteiger partial charge in [0.25, 0.3) is 0 Å². The highest BCUT2D eigenvalue weighted by Gasteiger charge is 2.04. The molecular formula is C10H8N2. The van der Waals surface area contributed by atoms with E-state index in [0.717, 1.165) is 5.57 Å². The SMILES string of the molecule is [C-]#[N+]C1=C(C#N)C=CC(C)=CC1. The van der Waals surface area contributed by atoms with Crippen molar-refractivity contribution in [1.29, 1.82) is 5.26 Å². The Balaban J connectivity index is 3.10. The lowest BCUT2D eigenvalue weighted by molar-refractivity contribution is 1.24. The summed E-state index contributed by atoms with van der Waals surface area (Å²) in [5, 5.41) is 8.68. The molecule has 0 aromatic rings. The second-order valence-electron chi connectivity index (χ2n) is 2.57. The fraction of sp³-hybridized carbons (Fsp3) is 0.200. The number of hydrogen-bond donors (Lipinski definition) is 0. The van der Waals surface area contributed by atoms with Crippen LogP contribution >= 0.6 is 0 Å². The molecule has 1 rings (SSSR count). The van der Waals surface area contributed by atoms with Crippen LogP contribution in [0.3, 0.4) is 0 Å². The van der Waals surface area contributed by atoms with Crippen molar-refractivity contribution in [3.63, 3.8) is 0 Å². The van der Waals surface area contributed by atoms with E-state index in [1.165, 1.54) is 0 Å². The average molecular weight is 156 g/mol. The number of allylic oxidation sites excluding steroid dienone is 5. The van der Waals surface area contributed by atoms with Crippen molar-refractivity contribution in [2.45, 2.75) is 13.3 Å². The van der Waals surface area contributed by atoms with Crippen molar-refractivity contribution >= 4 is 0 Å². The van der Waals surface area contributed by atoms with Gasteiger partial charge in [-0.25, -0.2) is 4.85 Å². The maximum absolute atomic E-state index is 8.68. The zero-order valence-electron chi connectivity index (χ0n) is 6.83. The topological polar surface area (TPSA) is 28.1 Å². The predicted octanol–water partition coefficient (Wildman–Crippen LogP) is 2.59. The van der Waals surface area contributed by atoms with E-state index in [2.05, 4.69) is 4.85 Å². The Labute approximate surface area is 71.9 Å².